The van der Waals surface area contributed by atoms with Gasteiger partial charge < -0.3 is 14.2 Å². The Labute approximate surface area is 129 Å². The summed E-state index contributed by atoms with van der Waals surface area (Å²) in [7, 11) is 1.52. The SMILES string of the molecule is CO[C@H]1OC(=O)C=C2C1=C[C@H]1OC(=O)[C@@]3(C)CCC[C@@]2(C)[C@@H]13. The van der Waals surface area contributed by atoms with E-state index in [0.29, 0.717) is 0 Å². The number of ether oxygens (including phenoxy) is 3. The van der Waals surface area contributed by atoms with Gasteiger partial charge >= 0.3 is 11.9 Å². The molecule has 0 N–H and O–H groups in total. The van der Waals surface area contributed by atoms with Crippen molar-refractivity contribution in [2.75, 3.05) is 7.11 Å². The summed E-state index contributed by atoms with van der Waals surface area (Å²) in [6.45, 7) is 4.15. The second-order valence-electron chi connectivity index (χ2n) is 7.22. The van der Waals surface area contributed by atoms with Crippen molar-refractivity contribution in [1.82, 2.24) is 0 Å². The molecule has 0 aromatic heterocycles. The smallest absolute Gasteiger partial charge is 0.333 e. The van der Waals surface area contributed by atoms with E-state index in [0.717, 1.165) is 30.4 Å². The van der Waals surface area contributed by atoms with E-state index in [2.05, 4.69) is 6.92 Å². The van der Waals surface area contributed by atoms with Crippen molar-refractivity contribution >= 4 is 11.9 Å². The molecular weight excluding hydrogens is 284 g/mol. The van der Waals surface area contributed by atoms with Crippen LogP contribution in [0.3, 0.4) is 0 Å². The molecule has 5 heteroatoms. The lowest BCUT2D eigenvalue weighted by Gasteiger charge is -2.52. The van der Waals surface area contributed by atoms with Gasteiger partial charge in [0.05, 0.1) is 5.41 Å². The minimum Gasteiger partial charge on any atom is -0.457 e. The summed E-state index contributed by atoms with van der Waals surface area (Å²) in [5.74, 6) is -0.429. The Hall–Kier alpha value is -1.62. The van der Waals surface area contributed by atoms with Crippen LogP contribution in [0, 0.1) is 16.7 Å². The summed E-state index contributed by atoms with van der Waals surface area (Å²) in [6, 6.07) is 0. The third-order valence-electron chi connectivity index (χ3n) is 6.03. The van der Waals surface area contributed by atoms with Crippen LogP contribution in [-0.2, 0) is 23.8 Å². The minimum absolute atomic E-state index is 0.0691. The van der Waals surface area contributed by atoms with E-state index in [-0.39, 0.29) is 29.4 Å². The Morgan fingerprint density at radius 1 is 1.18 bits per heavy atom. The van der Waals surface area contributed by atoms with Crippen molar-refractivity contribution in [1.29, 1.82) is 0 Å². The van der Waals surface area contributed by atoms with Crippen LogP contribution < -0.4 is 0 Å². The highest BCUT2D eigenvalue weighted by Crippen LogP contribution is 2.64. The quantitative estimate of drug-likeness (QED) is 0.694. The van der Waals surface area contributed by atoms with Crippen molar-refractivity contribution in [3.63, 3.8) is 0 Å². The highest BCUT2D eigenvalue weighted by Gasteiger charge is 2.65. The van der Waals surface area contributed by atoms with Crippen molar-refractivity contribution in [3.8, 4) is 0 Å². The molecule has 0 aromatic rings. The van der Waals surface area contributed by atoms with Gasteiger partial charge in [-0.05, 0) is 31.4 Å². The van der Waals surface area contributed by atoms with Crippen LogP contribution in [-0.4, -0.2) is 31.4 Å². The van der Waals surface area contributed by atoms with Crippen LogP contribution in [0.15, 0.2) is 23.3 Å². The maximum Gasteiger partial charge on any atom is 0.333 e. The molecule has 0 spiro atoms. The minimum atomic E-state index is -0.710. The number of rotatable bonds is 1. The number of carbonyl (C=O) groups is 2. The van der Waals surface area contributed by atoms with Crippen LogP contribution in [0.25, 0.3) is 0 Å². The molecule has 0 unspecified atom stereocenters. The Bertz CT molecular complexity index is 633. The van der Waals surface area contributed by atoms with Gasteiger partial charge in [-0.15, -0.1) is 0 Å². The Morgan fingerprint density at radius 3 is 2.64 bits per heavy atom. The van der Waals surface area contributed by atoms with E-state index >= 15 is 0 Å². The molecule has 2 heterocycles. The Kier molecular flexibility index (Phi) is 2.69. The number of methoxy groups -OCH3 is 1. The van der Waals surface area contributed by atoms with Crippen molar-refractivity contribution in [3.05, 3.63) is 23.3 Å². The summed E-state index contributed by atoms with van der Waals surface area (Å²) in [6.07, 6.45) is 5.26. The van der Waals surface area contributed by atoms with Gasteiger partial charge in [-0.25, -0.2) is 4.79 Å². The first-order valence-corrected chi connectivity index (χ1v) is 7.79. The van der Waals surface area contributed by atoms with Crippen LogP contribution >= 0.6 is 0 Å². The number of esters is 2. The third-order valence-corrected chi connectivity index (χ3v) is 6.03. The molecule has 2 aliphatic heterocycles. The normalized spacial score (nSPS) is 46.0. The Morgan fingerprint density at radius 2 is 1.91 bits per heavy atom. The van der Waals surface area contributed by atoms with Gasteiger partial charge in [-0.2, -0.15) is 0 Å². The summed E-state index contributed by atoms with van der Waals surface area (Å²) in [4.78, 5) is 24.4. The van der Waals surface area contributed by atoms with Crippen molar-refractivity contribution in [2.45, 2.75) is 45.5 Å². The number of fused-ring (bicyclic) bond motifs is 2. The fourth-order valence-electron chi connectivity index (χ4n) is 5.10. The van der Waals surface area contributed by atoms with Crippen LogP contribution in [0.2, 0.25) is 0 Å². The first-order valence-electron chi connectivity index (χ1n) is 7.79. The van der Waals surface area contributed by atoms with Crippen LogP contribution in [0.4, 0.5) is 0 Å². The molecule has 5 atom stereocenters. The third kappa shape index (κ3) is 1.52. The standard InChI is InChI=1S/C17H20O5/c1-16-5-4-6-17(2)13(16)11(21-15(17)19)7-9-10(16)8-12(18)22-14(9)20-3/h7-8,11,13-14H,4-6H2,1-3H3/t11-,13-,14+,16-,17+/m1/s1. The summed E-state index contributed by atoms with van der Waals surface area (Å²) in [5, 5.41) is 0. The van der Waals surface area contributed by atoms with Crippen molar-refractivity contribution in [2.24, 2.45) is 16.7 Å². The second kappa shape index (κ2) is 4.22. The molecule has 2 fully saturated rings. The lowest BCUT2D eigenvalue weighted by atomic mass is 9.50. The predicted octanol–water partition coefficient (Wildman–Crippen LogP) is 2.12. The van der Waals surface area contributed by atoms with Gasteiger partial charge in [-0.3, -0.25) is 4.79 Å². The van der Waals surface area contributed by atoms with Crippen LogP contribution in [0.1, 0.15) is 33.1 Å². The highest BCUT2D eigenvalue weighted by molar-refractivity contribution is 5.87. The van der Waals surface area contributed by atoms with Gasteiger partial charge in [0.15, 0.2) is 0 Å². The average molecular weight is 304 g/mol. The second-order valence-corrected chi connectivity index (χ2v) is 7.22. The van der Waals surface area contributed by atoms with E-state index in [9.17, 15) is 9.59 Å². The maximum absolute atomic E-state index is 12.4. The largest absolute Gasteiger partial charge is 0.457 e. The molecule has 0 radical (unpaired) electrons. The van der Waals surface area contributed by atoms with E-state index in [4.69, 9.17) is 14.2 Å². The molecular formula is C17H20O5. The number of carbonyl (C=O) groups excluding carboxylic acids is 2. The molecule has 118 valence electrons. The van der Waals surface area contributed by atoms with Gasteiger partial charge in [0, 0.05) is 30.1 Å². The molecule has 4 rings (SSSR count). The zero-order valence-corrected chi connectivity index (χ0v) is 13.0. The monoisotopic (exact) mass is 304 g/mol. The molecule has 22 heavy (non-hydrogen) atoms. The fourth-order valence-corrected chi connectivity index (χ4v) is 5.10. The fraction of sp³-hybridized carbons (Fsp3) is 0.647. The van der Waals surface area contributed by atoms with Gasteiger partial charge in [0.25, 0.3) is 0 Å². The van der Waals surface area contributed by atoms with Gasteiger partial charge in [0.1, 0.15) is 6.10 Å². The molecule has 0 amide bonds. The number of cyclic esters (lactones) is 1. The topological polar surface area (TPSA) is 61.8 Å². The van der Waals surface area contributed by atoms with E-state index in [1.54, 1.807) is 6.08 Å². The molecule has 5 nitrogen and oxygen atoms in total. The van der Waals surface area contributed by atoms with Gasteiger partial charge in [-0.1, -0.05) is 13.3 Å². The number of hydrogen-bond acceptors (Lipinski definition) is 5. The first kappa shape index (κ1) is 14.0. The van der Waals surface area contributed by atoms with Crippen molar-refractivity contribution < 1.29 is 23.8 Å². The number of hydrogen-bond donors (Lipinski definition) is 0. The zero-order valence-electron chi connectivity index (χ0n) is 13.0. The average Bonchev–Trinajstić information content (AvgIpc) is 2.72. The summed E-state index contributed by atoms with van der Waals surface area (Å²) in [5.41, 5.74) is 1.07. The van der Waals surface area contributed by atoms with E-state index in [1.807, 2.05) is 13.0 Å². The maximum atomic E-state index is 12.4. The highest BCUT2D eigenvalue weighted by atomic mass is 16.7. The lowest BCUT2D eigenvalue weighted by Crippen LogP contribution is -2.51. The van der Waals surface area contributed by atoms with E-state index in [1.165, 1.54) is 7.11 Å². The molecule has 4 aliphatic rings. The van der Waals surface area contributed by atoms with Crippen LogP contribution in [0.5, 0.6) is 0 Å². The lowest BCUT2D eigenvalue weighted by molar-refractivity contribution is -0.163. The van der Waals surface area contributed by atoms with E-state index < -0.39 is 11.7 Å². The van der Waals surface area contributed by atoms with Gasteiger partial charge in [0.2, 0.25) is 6.29 Å². The molecule has 0 aromatic carbocycles. The molecule has 1 saturated heterocycles. The molecule has 1 saturated carbocycles. The summed E-state index contributed by atoms with van der Waals surface area (Å²) < 4.78 is 16.2. The molecule has 0 bridgehead atoms. The zero-order chi connectivity index (χ0) is 15.7. The summed E-state index contributed by atoms with van der Waals surface area (Å²) >= 11 is 0. The first-order chi connectivity index (χ1) is 10.4. The predicted molar refractivity (Wildman–Crippen MR) is 76.5 cm³/mol. The Balaban J connectivity index is 1.92. The molecule has 2 aliphatic carbocycles.